The van der Waals surface area contributed by atoms with Crippen LogP contribution < -0.4 is 0 Å². The number of aliphatic hydroxyl groups is 8. The summed E-state index contributed by atoms with van der Waals surface area (Å²) < 4.78 is 24.7. The lowest BCUT2D eigenvalue weighted by Gasteiger charge is -2.62. The number of allylic oxidation sites excluding steroid dienone is 3. The molecule has 2 saturated heterocycles. The second-order valence-corrected chi connectivity index (χ2v) is 48.2. The number of aliphatic hydroxyl groups excluding tert-OH is 8. The average molecular weight is 1720 g/mol. The van der Waals surface area contributed by atoms with Crippen molar-refractivity contribution in [3.63, 3.8) is 0 Å². The van der Waals surface area contributed by atoms with E-state index >= 15 is 0 Å². The maximum Gasteiger partial charge on any atom is 0.174 e. The summed E-state index contributed by atoms with van der Waals surface area (Å²) in [7, 11) is 0. The first kappa shape index (κ1) is 91.5. The molecule has 8 N–H and O–H groups in total. The molecule has 22 aliphatic rings. The van der Waals surface area contributed by atoms with Crippen molar-refractivity contribution in [3.8, 4) is 6.07 Å². The maximum absolute atomic E-state index is 12.5. The summed E-state index contributed by atoms with van der Waals surface area (Å²) in [5.74, 6) is 13.7. The molecule has 2 heterocycles. The van der Waals surface area contributed by atoms with Gasteiger partial charge in [-0.05, 0) is 426 Å². The molecular formula is C107H164N2O15. The number of carbonyl (C=O) groups is 3. The molecule has 2 aliphatic heterocycles. The zero-order valence-corrected chi connectivity index (χ0v) is 77.3. The highest BCUT2D eigenvalue weighted by atomic mass is 16.7. The highest BCUT2D eigenvalue weighted by Crippen LogP contribution is 2.75. The van der Waals surface area contributed by atoms with Crippen LogP contribution >= 0.6 is 0 Å². The Morgan fingerprint density at radius 2 is 0.758 bits per heavy atom. The molecule has 0 bridgehead atoms. The number of carbonyl (C=O) groups excluding carboxylic acids is 3. The summed E-state index contributed by atoms with van der Waals surface area (Å²) in [6.07, 6.45) is 55.9. The molecule has 0 aromatic heterocycles. The highest BCUT2D eigenvalue weighted by Gasteiger charge is 2.71. The van der Waals surface area contributed by atoms with Crippen LogP contribution in [-0.2, 0) is 33.3 Å². The van der Waals surface area contributed by atoms with Crippen molar-refractivity contribution in [1.82, 2.24) is 0 Å². The normalized spacial score (nSPS) is 50.9. The van der Waals surface area contributed by atoms with Crippen molar-refractivity contribution in [2.45, 2.75) is 379 Å². The SMILES string of the molecule is C[C@]12CC[C@H]3[C@@H](CC[C@H]4CC(=O)CC[C@@]43CCO)[C@@H]1CCC2=O.C[C@]12CC[C@H]3[C@@H](CC[C@H]4CC5(CC[C@@]43CO)OCCO5)[C@@H]1CCC21OCCO1.C[C@]12CC[C@H]3[C@@H](CC[C@H]4C[C@H](O)CC[C@@]43CCO)[C@@H]1CC/C2=C\C#N.C[C@]12CC[C@H]3[C@@H](CC[C@H]4C[C@H](O)CC[C@@]43CCO)[C@@H]1CCC2=O.[C-]#[N+]/C=C1/CC[C@H]2[C@@H]3CC[C@H]4C[C@H](O)CC[C@]4(CCO)[C@H]3CC[C@]12C. The zero-order valence-electron chi connectivity index (χ0n) is 77.3. The van der Waals surface area contributed by atoms with Gasteiger partial charge < -0.3 is 59.8 Å². The number of ketones is 3. The molecule has 0 aromatic carbocycles. The van der Waals surface area contributed by atoms with Crippen LogP contribution in [-0.4, -0.2) is 148 Å². The summed E-state index contributed by atoms with van der Waals surface area (Å²) >= 11 is 0. The molecule has 0 radical (unpaired) electrons. The van der Waals surface area contributed by atoms with E-state index < -0.39 is 0 Å². The number of fused-ring (bicyclic) bond motifs is 26. The van der Waals surface area contributed by atoms with E-state index in [9.17, 15) is 60.5 Å². The number of hydrogen-bond acceptors (Lipinski definition) is 16. The molecule has 17 heteroatoms. The van der Waals surface area contributed by atoms with E-state index in [1.54, 1.807) is 0 Å². The van der Waals surface area contributed by atoms with Gasteiger partial charge in [-0.15, -0.1) is 0 Å². The minimum Gasteiger partial charge on any atom is -0.396 e. The third-order valence-corrected chi connectivity index (χ3v) is 45.3. The molecule has 2 spiro atoms. The Bertz CT molecular complexity index is 3880. The molecule has 0 aromatic rings. The standard InChI is InChI=1S/C23H36O5.2C22H33NO2.C20H32O3.C20H30O3/c1-20-6-4-19-17(18(20)5-7-23(20)27-12-13-28-23)3-2-16-14-22(25-10-11-26-22)9-8-21(16,19)15-24;1-21-9-8-20-18(19(21)6-4-16(21)14-23-2)5-3-15-13-17(25)7-10-22(15,20)11-12-24;1-21-9-7-20-18(19(21)5-3-15(21)8-12-23)4-2-16-14-17(25)6-10-22(16,20)11-13-24;2*1-19-8-7-17-15(16(19)4-5-18(19)23)3-2-13-12-14(22)6-9-20(13,17)10-11-21/h16-19,24H,2-15H2,1H3;14-15,17-20,24-25H,3-13H2,1H3;8,16-20,24-25H,2-7,9-11,13-14H2,1H3;13-17,21-22H,2-12H2,1H3;13,15-17,21H,2-12H2,1H3/b;16-14-;15-8+;;/t16-,17-,18-,19-,20-,21+;15-,17+,18-,19-,20-,21+,22+;16-,17+,18-,19-,20-,21+,22+;13-,14+,15-,16-,17-,19-,20+;13-,15-,16-,17-,19-,20+/m00000/s1. The number of hydrogen-bond donors (Lipinski definition) is 8. The quantitative estimate of drug-likeness (QED) is 0.0787. The van der Waals surface area contributed by atoms with Crippen molar-refractivity contribution in [1.29, 1.82) is 5.26 Å². The smallest absolute Gasteiger partial charge is 0.174 e. The van der Waals surface area contributed by atoms with Crippen LogP contribution in [0.15, 0.2) is 23.4 Å². The van der Waals surface area contributed by atoms with Gasteiger partial charge in [0.25, 0.3) is 0 Å². The van der Waals surface area contributed by atoms with Crippen LogP contribution in [0.25, 0.3) is 4.85 Å². The zero-order chi connectivity index (χ0) is 86.8. The number of Topliss-reactive ketones (excluding diaryl/α,β-unsaturated/α-hetero) is 3. The van der Waals surface area contributed by atoms with Crippen LogP contribution in [0.1, 0.15) is 349 Å². The van der Waals surface area contributed by atoms with Crippen molar-refractivity contribution < 1.29 is 74.2 Å². The van der Waals surface area contributed by atoms with E-state index in [4.69, 9.17) is 25.5 Å². The molecule has 17 nitrogen and oxygen atoms in total. The van der Waals surface area contributed by atoms with E-state index in [1.807, 2.05) is 12.3 Å². The Hall–Kier alpha value is -3.01. The van der Waals surface area contributed by atoms with Crippen LogP contribution in [0.5, 0.6) is 0 Å². The summed E-state index contributed by atoms with van der Waals surface area (Å²) in [5.41, 5.74) is 4.32. The predicted molar refractivity (Wildman–Crippen MR) is 475 cm³/mol. The first-order chi connectivity index (χ1) is 59.7. The first-order valence-corrected chi connectivity index (χ1v) is 52.1. The topological polar surface area (TPSA) is 278 Å². The molecule has 33 atom stereocenters. The van der Waals surface area contributed by atoms with Crippen LogP contribution in [0.4, 0.5) is 0 Å². The summed E-state index contributed by atoms with van der Waals surface area (Å²) in [6.45, 7) is 23.4. The fourth-order valence-electron chi connectivity index (χ4n) is 39.6. The van der Waals surface area contributed by atoms with Gasteiger partial charge in [-0.25, -0.2) is 4.85 Å². The summed E-state index contributed by atoms with van der Waals surface area (Å²) in [6, 6.07) is 2.29. The number of nitrogens with zero attached hydrogens (tertiary/aromatic N) is 2. The third kappa shape index (κ3) is 14.7. The number of rotatable bonds is 9. The fraction of sp³-hybridized carbons (Fsp3) is 0.916. The minimum atomic E-state index is -0.345. The fourth-order valence-corrected chi connectivity index (χ4v) is 39.6. The van der Waals surface area contributed by atoms with Gasteiger partial charge in [0.2, 0.25) is 0 Å². The molecule has 124 heavy (non-hydrogen) atoms. The Labute approximate surface area is 744 Å². The van der Waals surface area contributed by atoms with Crippen molar-refractivity contribution in [2.24, 2.45) is 173 Å². The maximum atomic E-state index is 12.5. The second-order valence-electron chi connectivity index (χ2n) is 48.2. The van der Waals surface area contributed by atoms with Gasteiger partial charge in [-0.1, -0.05) is 45.8 Å². The Balaban J connectivity index is 0.000000106. The van der Waals surface area contributed by atoms with Gasteiger partial charge in [0.15, 0.2) is 17.8 Å². The van der Waals surface area contributed by atoms with Gasteiger partial charge in [0, 0.05) is 100 Å². The monoisotopic (exact) mass is 1720 g/mol. The van der Waals surface area contributed by atoms with Crippen LogP contribution in [0, 0.1) is 190 Å². The third-order valence-electron chi connectivity index (χ3n) is 45.3. The van der Waals surface area contributed by atoms with Gasteiger partial charge in [0.1, 0.15) is 17.3 Å². The number of nitriles is 1. The molecule has 22 rings (SSSR count). The number of ether oxygens (including phenoxy) is 4. The van der Waals surface area contributed by atoms with Crippen molar-refractivity contribution in [2.75, 3.05) is 59.5 Å². The lowest BCUT2D eigenvalue weighted by Crippen LogP contribution is -2.60. The summed E-state index contributed by atoms with van der Waals surface area (Å²) in [5, 5.41) is 89.7. The lowest BCUT2D eigenvalue weighted by molar-refractivity contribution is -0.263. The largest absolute Gasteiger partial charge is 0.396 e. The van der Waals surface area contributed by atoms with Gasteiger partial charge in [-0.2, -0.15) is 5.26 Å². The molecule has 0 amide bonds. The predicted octanol–water partition coefficient (Wildman–Crippen LogP) is 19.1. The van der Waals surface area contributed by atoms with Gasteiger partial charge in [-0.3, -0.25) is 14.4 Å². The van der Waals surface area contributed by atoms with Gasteiger partial charge >= 0.3 is 0 Å². The van der Waals surface area contributed by atoms with E-state index in [0.717, 1.165) is 243 Å². The molecule has 0 unspecified atom stereocenters. The van der Waals surface area contributed by atoms with Crippen molar-refractivity contribution >= 4 is 17.3 Å². The van der Waals surface area contributed by atoms with E-state index in [-0.39, 0.29) is 104 Å². The Kier molecular flexibility index (Phi) is 26.1. The molecule has 692 valence electrons. The molecule has 20 aliphatic carbocycles. The average Bonchev–Trinajstić information content (AvgIpc) is 1.45. The van der Waals surface area contributed by atoms with Crippen molar-refractivity contribution in [3.05, 3.63) is 34.8 Å². The first-order valence-electron chi connectivity index (χ1n) is 52.1. The molecule has 20 saturated carbocycles. The van der Waals surface area contributed by atoms with Crippen LogP contribution in [0.2, 0.25) is 0 Å². The minimum absolute atomic E-state index is 0.0530. The molecule has 22 fully saturated rings. The lowest BCUT2D eigenvalue weighted by atomic mass is 9.43. The van der Waals surface area contributed by atoms with E-state index in [2.05, 4.69) is 45.5 Å². The van der Waals surface area contributed by atoms with E-state index in [1.165, 1.54) is 127 Å². The summed E-state index contributed by atoms with van der Waals surface area (Å²) in [4.78, 5) is 40.5. The van der Waals surface area contributed by atoms with E-state index in [0.29, 0.717) is 132 Å². The second kappa shape index (κ2) is 35.4. The Morgan fingerprint density at radius 3 is 1.21 bits per heavy atom. The Morgan fingerprint density at radius 1 is 0.379 bits per heavy atom. The van der Waals surface area contributed by atoms with Crippen LogP contribution in [0.3, 0.4) is 0 Å². The highest BCUT2D eigenvalue weighted by molar-refractivity contribution is 5.88. The van der Waals surface area contributed by atoms with Gasteiger partial charge in [0.05, 0.1) is 57.4 Å². The molecular weight excluding hydrogens is 1550 g/mol.